The van der Waals surface area contributed by atoms with Crippen molar-refractivity contribution in [3.63, 3.8) is 0 Å². The predicted molar refractivity (Wildman–Crippen MR) is 46.6 cm³/mol. The number of hydrogen-bond donors (Lipinski definition) is 1. The number of rotatable bonds is 3. The molecule has 0 spiro atoms. The van der Waals surface area contributed by atoms with Crippen molar-refractivity contribution in [1.82, 2.24) is 0 Å². The first-order valence-electron chi connectivity index (χ1n) is 4.15. The molecule has 1 aromatic carbocycles. The zero-order valence-electron chi connectivity index (χ0n) is 7.18. The molecule has 1 aromatic rings. The number of halogens is 1. The van der Waals surface area contributed by atoms with Crippen LogP contribution in [0.25, 0.3) is 0 Å². The SMILES string of the molecule is CCc1cc(F)cc(CCO)c1. The van der Waals surface area contributed by atoms with E-state index in [2.05, 4.69) is 0 Å². The zero-order chi connectivity index (χ0) is 8.97. The van der Waals surface area contributed by atoms with Gasteiger partial charge in [-0.2, -0.15) is 0 Å². The van der Waals surface area contributed by atoms with Crippen LogP contribution in [-0.4, -0.2) is 11.7 Å². The van der Waals surface area contributed by atoms with Gasteiger partial charge in [-0.25, -0.2) is 4.39 Å². The second-order valence-corrected chi connectivity index (χ2v) is 2.79. The number of aliphatic hydroxyl groups is 1. The molecule has 1 rings (SSSR count). The van der Waals surface area contributed by atoms with Crippen molar-refractivity contribution in [3.8, 4) is 0 Å². The van der Waals surface area contributed by atoms with Gasteiger partial charge in [-0.1, -0.05) is 13.0 Å². The van der Waals surface area contributed by atoms with Gasteiger partial charge in [0.1, 0.15) is 5.82 Å². The predicted octanol–water partition coefficient (Wildman–Crippen LogP) is 1.92. The molecule has 12 heavy (non-hydrogen) atoms. The van der Waals surface area contributed by atoms with Gasteiger partial charge in [0.15, 0.2) is 0 Å². The molecule has 66 valence electrons. The molecule has 1 N–H and O–H groups in total. The molecular formula is C10H13FO. The molecule has 0 atom stereocenters. The van der Waals surface area contributed by atoms with Crippen LogP contribution in [0, 0.1) is 5.82 Å². The summed E-state index contributed by atoms with van der Waals surface area (Å²) < 4.78 is 12.9. The molecule has 1 nitrogen and oxygen atoms in total. The summed E-state index contributed by atoms with van der Waals surface area (Å²) in [6.45, 7) is 2.06. The number of aryl methyl sites for hydroxylation is 1. The van der Waals surface area contributed by atoms with Crippen LogP contribution in [0.1, 0.15) is 18.1 Å². The Kier molecular flexibility index (Phi) is 3.23. The van der Waals surface area contributed by atoms with Gasteiger partial charge in [0, 0.05) is 6.61 Å². The maximum absolute atomic E-state index is 12.9. The van der Waals surface area contributed by atoms with Crippen LogP contribution in [0.15, 0.2) is 18.2 Å². The van der Waals surface area contributed by atoms with Crippen molar-refractivity contribution in [3.05, 3.63) is 35.1 Å². The van der Waals surface area contributed by atoms with Gasteiger partial charge in [0.05, 0.1) is 0 Å². The van der Waals surface area contributed by atoms with Crippen molar-refractivity contribution >= 4 is 0 Å². The average Bonchev–Trinajstić information content (AvgIpc) is 2.04. The van der Waals surface area contributed by atoms with E-state index in [1.165, 1.54) is 12.1 Å². The molecule has 0 amide bonds. The average molecular weight is 168 g/mol. The zero-order valence-corrected chi connectivity index (χ0v) is 7.18. The Morgan fingerprint density at radius 1 is 1.25 bits per heavy atom. The second kappa shape index (κ2) is 4.21. The fraction of sp³-hybridized carbons (Fsp3) is 0.400. The smallest absolute Gasteiger partial charge is 0.123 e. The van der Waals surface area contributed by atoms with Crippen molar-refractivity contribution < 1.29 is 9.50 Å². The third-order valence-electron chi connectivity index (χ3n) is 1.83. The van der Waals surface area contributed by atoms with E-state index in [4.69, 9.17) is 5.11 Å². The highest BCUT2D eigenvalue weighted by atomic mass is 19.1. The maximum Gasteiger partial charge on any atom is 0.123 e. The number of hydrogen-bond acceptors (Lipinski definition) is 1. The highest BCUT2D eigenvalue weighted by Gasteiger charge is 1.98. The van der Waals surface area contributed by atoms with Crippen LogP contribution in [0.4, 0.5) is 4.39 Å². The molecule has 0 aliphatic carbocycles. The van der Waals surface area contributed by atoms with E-state index in [1.807, 2.05) is 13.0 Å². The quantitative estimate of drug-likeness (QED) is 0.731. The number of aliphatic hydroxyl groups excluding tert-OH is 1. The highest BCUT2D eigenvalue weighted by Crippen LogP contribution is 2.10. The van der Waals surface area contributed by atoms with Crippen LogP contribution < -0.4 is 0 Å². The Morgan fingerprint density at radius 3 is 2.50 bits per heavy atom. The van der Waals surface area contributed by atoms with Crippen LogP contribution in [0.3, 0.4) is 0 Å². The first-order chi connectivity index (χ1) is 5.76. The first kappa shape index (κ1) is 9.20. The van der Waals surface area contributed by atoms with Gasteiger partial charge < -0.3 is 5.11 Å². The van der Waals surface area contributed by atoms with Crippen molar-refractivity contribution in [2.45, 2.75) is 19.8 Å². The Labute approximate surface area is 71.9 Å². The second-order valence-electron chi connectivity index (χ2n) is 2.79. The van der Waals surface area contributed by atoms with Gasteiger partial charge >= 0.3 is 0 Å². The van der Waals surface area contributed by atoms with Crippen LogP contribution in [-0.2, 0) is 12.8 Å². The summed E-state index contributed by atoms with van der Waals surface area (Å²) in [5.41, 5.74) is 1.85. The summed E-state index contributed by atoms with van der Waals surface area (Å²) in [6.07, 6.45) is 1.36. The molecule has 0 saturated heterocycles. The number of benzene rings is 1. The fourth-order valence-corrected chi connectivity index (χ4v) is 1.19. The summed E-state index contributed by atoms with van der Waals surface area (Å²) in [5.74, 6) is -0.210. The third kappa shape index (κ3) is 2.31. The van der Waals surface area contributed by atoms with Gasteiger partial charge in [-0.05, 0) is 36.1 Å². The molecule has 0 heterocycles. The van der Waals surface area contributed by atoms with E-state index in [0.29, 0.717) is 6.42 Å². The minimum atomic E-state index is -0.210. The minimum Gasteiger partial charge on any atom is -0.396 e. The normalized spacial score (nSPS) is 10.2. The molecule has 0 aromatic heterocycles. The van der Waals surface area contributed by atoms with Crippen molar-refractivity contribution in [1.29, 1.82) is 0 Å². The van der Waals surface area contributed by atoms with Gasteiger partial charge in [-0.15, -0.1) is 0 Å². The molecule has 0 aliphatic heterocycles. The third-order valence-corrected chi connectivity index (χ3v) is 1.83. The van der Waals surface area contributed by atoms with E-state index in [9.17, 15) is 4.39 Å². The highest BCUT2D eigenvalue weighted by molar-refractivity contribution is 5.24. The maximum atomic E-state index is 12.9. The van der Waals surface area contributed by atoms with E-state index < -0.39 is 0 Å². The fourth-order valence-electron chi connectivity index (χ4n) is 1.19. The Balaban J connectivity index is 2.90. The molecule has 0 fully saturated rings. The lowest BCUT2D eigenvalue weighted by molar-refractivity contribution is 0.299. The van der Waals surface area contributed by atoms with Crippen molar-refractivity contribution in [2.24, 2.45) is 0 Å². The van der Waals surface area contributed by atoms with Crippen LogP contribution in [0.2, 0.25) is 0 Å². The molecule has 2 heteroatoms. The van der Waals surface area contributed by atoms with Gasteiger partial charge in [-0.3, -0.25) is 0 Å². The van der Waals surface area contributed by atoms with E-state index in [1.54, 1.807) is 0 Å². The summed E-state index contributed by atoms with van der Waals surface area (Å²) in [7, 11) is 0. The van der Waals surface area contributed by atoms with Gasteiger partial charge in [0.2, 0.25) is 0 Å². The molecule has 0 unspecified atom stereocenters. The summed E-state index contributed by atoms with van der Waals surface area (Å²) >= 11 is 0. The summed E-state index contributed by atoms with van der Waals surface area (Å²) in [6, 6.07) is 4.93. The monoisotopic (exact) mass is 168 g/mol. The Morgan fingerprint density at radius 2 is 1.92 bits per heavy atom. The summed E-state index contributed by atoms with van der Waals surface area (Å²) in [5, 5.41) is 8.65. The van der Waals surface area contributed by atoms with Crippen molar-refractivity contribution in [2.75, 3.05) is 6.61 Å². The Hall–Kier alpha value is -0.890. The minimum absolute atomic E-state index is 0.0760. The van der Waals surface area contributed by atoms with E-state index in [0.717, 1.165) is 17.5 Å². The standard InChI is InChI=1S/C10H13FO/c1-2-8-5-9(3-4-12)7-10(11)6-8/h5-7,12H,2-4H2,1H3. The lowest BCUT2D eigenvalue weighted by Gasteiger charge is -2.02. The molecule has 0 bridgehead atoms. The van der Waals surface area contributed by atoms with E-state index >= 15 is 0 Å². The summed E-state index contributed by atoms with van der Waals surface area (Å²) in [4.78, 5) is 0. The molecule has 0 radical (unpaired) electrons. The topological polar surface area (TPSA) is 20.2 Å². The Bertz CT molecular complexity index is 258. The van der Waals surface area contributed by atoms with Crippen LogP contribution >= 0.6 is 0 Å². The lowest BCUT2D eigenvalue weighted by atomic mass is 10.1. The molecule has 0 saturated carbocycles. The molecular weight excluding hydrogens is 155 g/mol. The lowest BCUT2D eigenvalue weighted by Crippen LogP contribution is -1.93. The first-order valence-corrected chi connectivity index (χ1v) is 4.15. The largest absolute Gasteiger partial charge is 0.396 e. The van der Waals surface area contributed by atoms with Gasteiger partial charge in [0.25, 0.3) is 0 Å². The molecule has 0 aliphatic rings. The van der Waals surface area contributed by atoms with E-state index in [-0.39, 0.29) is 12.4 Å². The van der Waals surface area contributed by atoms with Crippen LogP contribution in [0.5, 0.6) is 0 Å².